The molecule has 1 N–H and O–H groups in total. The number of benzene rings is 2. The number of aromatic nitrogens is 3. The average molecular weight is 345 g/mol. The van der Waals surface area contributed by atoms with Crippen LogP contribution in [0.5, 0.6) is 5.75 Å². The number of amides is 1. The van der Waals surface area contributed by atoms with Crippen molar-refractivity contribution in [3.05, 3.63) is 65.5 Å². The van der Waals surface area contributed by atoms with Crippen LogP contribution >= 0.6 is 0 Å². The van der Waals surface area contributed by atoms with E-state index in [1.807, 2.05) is 24.3 Å². The van der Waals surface area contributed by atoms with Crippen molar-refractivity contribution in [3.63, 3.8) is 0 Å². The Morgan fingerprint density at radius 3 is 2.77 bits per heavy atom. The van der Waals surface area contributed by atoms with E-state index in [2.05, 4.69) is 21.5 Å². The van der Waals surface area contributed by atoms with Crippen LogP contribution in [0.15, 0.2) is 48.5 Å². The summed E-state index contributed by atoms with van der Waals surface area (Å²) in [6, 6.07) is 16.6. The Labute approximate surface area is 149 Å². The third kappa shape index (κ3) is 2.89. The molecule has 7 heteroatoms. The van der Waals surface area contributed by atoms with E-state index in [0.717, 1.165) is 11.3 Å². The molecule has 0 radical (unpaired) electrons. The quantitative estimate of drug-likeness (QED) is 0.787. The number of hydrogen-bond donors (Lipinski definition) is 1. The van der Waals surface area contributed by atoms with E-state index < -0.39 is 6.10 Å². The van der Waals surface area contributed by atoms with Crippen molar-refractivity contribution in [1.82, 2.24) is 14.8 Å². The Hall–Kier alpha value is -3.66. The highest BCUT2D eigenvalue weighted by molar-refractivity contribution is 5.94. The van der Waals surface area contributed by atoms with Crippen LogP contribution in [0.4, 0.5) is 5.95 Å². The predicted octanol–water partition coefficient (Wildman–Crippen LogP) is 2.39. The zero-order valence-corrected chi connectivity index (χ0v) is 14.0. The lowest BCUT2D eigenvalue weighted by Gasteiger charge is -2.11. The van der Waals surface area contributed by atoms with E-state index in [9.17, 15) is 4.79 Å². The lowest BCUT2D eigenvalue weighted by atomic mass is 10.1. The second kappa shape index (κ2) is 6.33. The van der Waals surface area contributed by atoms with Gasteiger partial charge in [0, 0.05) is 6.42 Å². The molecule has 26 heavy (non-hydrogen) atoms. The summed E-state index contributed by atoms with van der Waals surface area (Å²) in [5.74, 6) is 1.30. The first kappa shape index (κ1) is 15.8. The normalized spacial score (nSPS) is 15.0. The Balaban J connectivity index is 1.55. The van der Waals surface area contributed by atoms with Gasteiger partial charge in [-0.25, -0.2) is 0 Å². The molecule has 1 atom stereocenters. The monoisotopic (exact) mass is 345 g/mol. The number of rotatable bonds is 3. The number of hydrogen-bond acceptors (Lipinski definition) is 5. The highest BCUT2D eigenvalue weighted by atomic mass is 16.5. The Bertz CT molecular complexity index is 992. The van der Waals surface area contributed by atoms with E-state index in [1.165, 1.54) is 4.68 Å². The van der Waals surface area contributed by atoms with Crippen molar-refractivity contribution in [3.8, 4) is 17.5 Å². The highest BCUT2D eigenvalue weighted by Crippen LogP contribution is 2.28. The van der Waals surface area contributed by atoms with E-state index in [4.69, 9.17) is 10.00 Å². The van der Waals surface area contributed by atoms with Crippen LogP contribution in [0.2, 0.25) is 0 Å². The van der Waals surface area contributed by atoms with E-state index in [0.29, 0.717) is 29.4 Å². The van der Waals surface area contributed by atoms with Crippen molar-refractivity contribution in [2.45, 2.75) is 19.4 Å². The summed E-state index contributed by atoms with van der Waals surface area (Å²) in [6.07, 6.45) is -0.0785. The van der Waals surface area contributed by atoms with Crippen LogP contribution in [-0.2, 0) is 11.2 Å². The maximum atomic E-state index is 12.6. The minimum absolute atomic E-state index is 0.275. The number of carbonyl (C=O) groups excluding carboxylic acids is 1. The lowest BCUT2D eigenvalue weighted by Crippen LogP contribution is -2.32. The first-order chi connectivity index (χ1) is 12.6. The number of para-hydroxylation sites is 1. The highest BCUT2D eigenvalue weighted by Gasteiger charge is 2.29. The molecule has 1 amide bonds. The van der Waals surface area contributed by atoms with Crippen LogP contribution in [0.1, 0.15) is 17.0 Å². The van der Waals surface area contributed by atoms with Crippen LogP contribution < -0.4 is 10.1 Å². The summed E-state index contributed by atoms with van der Waals surface area (Å²) < 4.78 is 7.26. The van der Waals surface area contributed by atoms with Gasteiger partial charge < -0.3 is 4.74 Å². The molecule has 1 aliphatic rings. The zero-order valence-electron chi connectivity index (χ0n) is 14.0. The molecule has 7 nitrogen and oxygen atoms in total. The van der Waals surface area contributed by atoms with Gasteiger partial charge in [-0.3, -0.25) is 10.1 Å². The number of ether oxygens (including phenoxy) is 1. The molecule has 2 aromatic carbocycles. The Morgan fingerprint density at radius 2 is 2.04 bits per heavy atom. The number of nitriles is 1. The van der Waals surface area contributed by atoms with Crippen molar-refractivity contribution in [1.29, 1.82) is 5.26 Å². The summed E-state index contributed by atoms with van der Waals surface area (Å²) in [4.78, 5) is 16.9. The van der Waals surface area contributed by atoms with E-state index >= 15 is 0 Å². The van der Waals surface area contributed by atoms with Gasteiger partial charge in [-0.15, -0.1) is 5.10 Å². The molecule has 4 rings (SSSR count). The van der Waals surface area contributed by atoms with Crippen molar-refractivity contribution < 1.29 is 9.53 Å². The molecule has 2 heterocycles. The maximum absolute atomic E-state index is 12.6. The van der Waals surface area contributed by atoms with Gasteiger partial charge in [-0.1, -0.05) is 18.2 Å². The van der Waals surface area contributed by atoms with Crippen LogP contribution in [0, 0.1) is 18.3 Å². The van der Waals surface area contributed by atoms with Crippen molar-refractivity contribution in [2.75, 3.05) is 5.32 Å². The SMILES string of the molecule is Cc1nc(NC(=O)[C@@H]2Cc3ccccc3O2)n(-c2ccc(C#N)cc2)n1. The molecule has 0 aliphatic carbocycles. The number of nitrogens with one attached hydrogen (secondary N) is 1. The first-order valence-corrected chi connectivity index (χ1v) is 8.13. The van der Waals surface area contributed by atoms with Crippen LogP contribution in [0.3, 0.4) is 0 Å². The minimum atomic E-state index is -0.598. The number of aryl methyl sites for hydroxylation is 1. The molecule has 0 bridgehead atoms. The van der Waals surface area contributed by atoms with Gasteiger partial charge in [0.05, 0.1) is 17.3 Å². The van der Waals surface area contributed by atoms with Gasteiger partial charge in [0.2, 0.25) is 5.95 Å². The van der Waals surface area contributed by atoms with Crippen molar-refractivity contribution in [2.24, 2.45) is 0 Å². The number of nitrogens with zero attached hydrogens (tertiary/aromatic N) is 4. The van der Waals surface area contributed by atoms with E-state index in [-0.39, 0.29) is 5.91 Å². The van der Waals surface area contributed by atoms with Gasteiger partial charge in [-0.05, 0) is 42.8 Å². The number of carbonyl (C=O) groups is 1. The summed E-state index contributed by atoms with van der Waals surface area (Å²) >= 11 is 0. The number of fused-ring (bicyclic) bond motifs is 1. The molecule has 0 unspecified atom stereocenters. The third-order valence-electron chi connectivity index (χ3n) is 4.13. The summed E-state index contributed by atoms with van der Waals surface area (Å²) in [5.41, 5.74) is 2.27. The smallest absolute Gasteiger partial charge is 0.268 e. The lowest BCUT2D eigenvalue weighted by molar-refractivity contribution is -0.122. The molecule has 1 aromatic heterocycles. The molecular weight excluding hydrogens is 330 g/mol. The van der Waals surface area contributed by atoms with Gasteiger partial charge in [0.25, 0.3) is 5.91 Å². The van der Waals surface area contributed by atoms with Gasteiger partial charge in [0.1, 0.15) is 11.6 Å². The van der Waals surface area contributed by atoms with Gasteiger partial charge in [-0.2, -0.15) is 14.9 Å². The molecule has 0 saturated heterocycles. The maximum Gasteiger partial charge on any atom is 0.268 e. The average Bonchev–Trinajstić information content (AvgIpc) is 3.25. The molecule has 0 fully saturated rings. The molecule has 0 spiro atoms. The Kier molecular flexibility index (Phi) is 3.86. The molecule has 1 aliphatic heterocycles. The standard InChI is InChI=1S/C19H15N5O2/c1-12-21-19(24(23-12)15-8-6-13(11-20)7-9-15)22-18(25)17-10-14-4-2-3-5-16(14)26-17/h2-9,17H,10H2,1H3,(H,21,22,23,25)/t17-/m0/s1. The minimum Gasteiger partial charge on any atom is -0.480 e. The summed E-state index contributed by atoms with van der Waals surface area (Å²) in [6.45, 7) is 1.75. The first-order valence-electron chi connectivity index (χ1n) is 8.13. The summed E-state index contributed by atoms with van der Waals surface area (Å²) in [5, 5.41) is 16.0. The second-order valence-corrected chi connectivity index (χ2v) is 5.96. The molecule has 0 saturated carbocycles. The fraction of sp³-hybridized carbons (Fsp3) is 0.158. The fourth-order valence-electron chi connectivity index (χ4n) is 2.87. The molecular formula is C19H15N5O2. The third-order valence-corrected chi connectivity index (χ3v) is 4.13. The fourth-order valence-corrected chi connectivity index (χ4v) is 2.87. The molecule has 3 aromatic rings. The second-order valence-electron chi connectivity index (χ2n) is 5.96. The van der Waals surface area contributed by atoms with E-state index in [1.54, 1.807) is 31.2 Å². The Morgan fingerprint density at radius 1 is 1.27 bits per heavy atom. The van der Waals surface area contributed by atoms with Gasteiger partial charge >= 0.3 is 0 Å². The number of anilines is 1. The van der Waals surface area contributed by atoms with Crippen LogP contribution in [-0.4, -0.2) is 26.8 Å². The zero-order chi connectivity index (χ0) is 18.1. The van der Waals surface area contributed by atoms with Gasteiger partial charge in [0.15, 0.2) is 6.10 Å². The van der Waals surface area contributed by atoms with Crippen molar-refractivity contribution >= 4 is 11.9 Å². The topological polar surface area (TPSA) is 92.8 Å². The van der Waals surface area contributed by atoms with Crippen LogP contribution in [0.25, 0.3) is 5.69 Å². The molecule has 128 valence electrons. The predicted molar refractivity (Wildman–Crippen MR) is 94.0 cm³/mol. The largest absolute Gasteiger partial charge is 0.480 e. The summed E-state index contributed by atoms with van der Waals surface area (Å²) in [7, 11) is 0.